The van der Waals surface area contributed by atoms with E-state index in [1.165, 1.54) is 35.4 Å². The Morgan fingerprint density at radius 1 is 1.03 bits per heavy atom. The summed E-state index contributed by atoms with van der Waals surface area (Å²) in [6.45, 7) is 1.10. The van der Waals surface area contributed by atoms with Gasteiger partial charge in [-0.15, -0.1) is 10.2 Å². The minimum absolute atomic E-state index is 0.325. The van der Waals surface area contributed by atoms with E-state index in [2.05, 4.69) is 20.5 Å². The van der Waals surface area contributed by atoms with Gasteiger partial charge in [0.25, 0.3) is 0 Å². The second-order valence-electron chi connectivity index (χ2n) is 8.76. The van der Waals surface area contributed by atoms with Crippen LogP contribution in [0.25, 0.3) is 11.3 Å². The summed E-state index contributed by atoms with van der Waals surface area (Å²) >= 11 is 0. The van der Waals surface area contributed by atoms with Crippen LogP contribution in [0.5, 0.6) is 0 Å². The zero-order chi connectivity index (χ0) is 23.7. The summed E-state index contributed by atoms with van der Waals surface area (Å²) < 4.78 is 45.7. The van der Waals surface area contributed by atoms with Crippen molar-refractivity contribution in [2.45, 2.75) is 31.3 Å². The normalized spacial score (nSPS) is 22.1. The molecule has 2 aliphatic rings. The number of carbonyl (C=O) groups excluding carboxylic acids is 1. The maximum absolute atomic E-state index is 13.4. The number of halogens is 3. The molecule has 1 aliphatic carbocycles. The predicted octanol–water partition coefficient (Wildman–Crippen LogP) is 4.95. The molecule has 3 aromatic rings. The maximum Gasteiger partial charge on any atom is 0.415 e. The van der Waals surface area contributed by atoms with E-state index in [1.807, 2.05) is 0 Å². The summed E-state index contributed by atoms with van der Waals surface area (Å²) in [4.78, 5) is 17.5. The predicted molar refractivity (Wildman–Crippen MR) is 119 cm³/mol. The molecule has 176 valence electrons. The number of hydrogen-bond acceptors (Lipinski definition) is 6. The van der Waals surface area contributed by atoms with Gasteiger partial charge in [-0.05, 0) is 68.0 Å². The molecule has 1 amide bonds. The van der Waals surface area contributed by atoms with Crippen molar-refractivity contribution in [2.24, 2.45) is 5.92 Å². The second kappa shape index (κ2) is 8.92. The van der Waals surface area contributed by atoms with E-state index >= 15 is 0 Å². The molecule has 3 heterocycles. The molecule has 2 aromatic heterocycles. The Balaban J connectivity index is 1.14. The number of rotatable bonds is 5. The van der Waals surface area contributed by atoms with Gasteiger partial charge in [0.2, 0.25) is 5.95 Å². The Kier molecular flexibility index (Phi) is 5.80. The molecule has 0 atom stereocenters. The van der Waals surface area contributed by atoms with Gasteiger partial charge in [-0.3, -0.25) is 4.90 Å². The summed E-state index contributed by atoms with van der Waals surface area (Å²) in [5.74, 6) is -0.993. The molecule has 0 unspecified atom stereocenters. The van der Waals surface area contributed by atoms with Gasteiger partial charge in [-0.25, -0.2) is 18.6 Å². The van der Waals surface area contributed by atoms with E-state index in [-0.39, 0.29) is 0 Å². The van der Waals surface area contributed by atoms with Gasteiger partial charge >= 0.3 is 6.09 Å². The standard InChI is InChI=1S/C24H22F3N5O2/c25-17-9-16(10-18(26)11-17)20-2-4-22(31-30-20)29-12-15-5-7-24(8-6-15)14-32(23(33)34-24)19-1-3-21(27)28-13-19/h1-4,9-11,13,15H,5-8,12,14H2,(H,29,31)/t15-,24-. The van der Waals surface area contributed by atoms with Crippen molar-refractivity contribution in [2.75, 3.05) is 23.3 Å². The van der Waals surface area contributed by atoms with Crippen molar-refractivity contribution in [1.82, 2.24) is 15.2 Å². The minimum atomic E-state index is -0.667. The number of carbonyl (C=O) groups is 1. The van der Waals surface area contributed by atoms with E-state index in [4.69, 9.17) is 4.74 Å². The zero-order valence-electron chi connectivity index (χ0n) is 18.2. The molecule has 34 heavy (non-hydrogen) atoms. The average Bonchev–Trinajstić information content (AvgIpc) is 3.14. The fourth-order valence-corrected chi connectivity index (χ4v) is 4.55. The molecule has 0 bridgehead atoms. The van der Waals surface area contributed by atoms with Gasteiger partial charge in [-0.2, -0.15) is 4.39 Å². The van der Waals surface area contributed by atoms with Crippen LogP contribution in [0.3, 0.4) is 0 Å². The van der Waals surface area contributed by atoms with Crippen molar-refractivity contribution < 1.29 is 22.7 Å². The van der Waals surface area contributed by atoms with Crippen LogP contribution in [0, 0.1) is 23.5 Å². The third kappa shape index (κ3) is 4.66. The summed E-state index contributed by atoms with van der Waals surface area (Å²) in [7, 11) is 0. The number of ether oxygens (including phenoxy) is 1. The minimum Gasteiger partial charge on any atom is -0.441 e. The largest absolute Gasteiger partial charge is 0.441 e. The highest BCUT2D eigenvalue weighted by atomic mass is 19.1. The molecule has 1 aliphatic heterocycles. The SMILES string of the molecule is O=C1O[C@]2(CC[C@H](CNc3ccc(-c4cc(F)cc(F)c4)nn3)CC2)CN1c1ccc(F)nc1. The number of nitrogens with zero attached hydrogens (tertiary/aromatic N) is 4. The van der Waals surface area contributed by atoms with Gasteiger partial charge in [0.1, 0.15) is 23.1 Å². The highest BCUT2D eigenvalue weighted by Gasteiger charge is 2.47. The molecule has 2 fully saturated rings. The van der Waals surface area contributed by atoms with Crippen molar-refractivity contribution in [3.05, 3.63) is 66.2 Å². The smallest absolute Gasteiger partial charge is 0.415 e. The van der Waals surface area contributed by atoms with E-state index in [1.54, 1.807) is 12.1 Å². The third-order valence-electron chi connectivity index (χ3n) is 6.41. The second-order valence-corrected chi connectivity index (χ2v) is 8.76. The van der Waals surface area contributed by atoms with Crippen LogP contribution in [-0.4, -0.2) is 40.0 Å². The van der Waals surface area contributed by atoms with E-state index in [9.17, 15) is 18.0 Å². The van der Waals surface area contributed by atoms with E-state index in [0.717, 1.165) is 31.7 Å². The quantitative estimate of drug-likeness (QED) is 0.533. The average molecular weight is 469 g/mol. The number of nitrogens with one attached hydrogen (secondary N) is 1. The van der Waals surface area contributed by atoms with Crippen LogP contribution in [0.2, 0.25) is 0 Å². The number of hydrogen-bond donors (Lipinski definition) is 1. The molecule has 5 rings (SSSR count). The Hall–Kier alpha value is -3.69. The Morgan fingerprint density at radius 3 is 2.44 bits per heavy atom. The summed E-state index contributed by atoms with van der Waals surface area (Å²) in [6, 6.07) is 9.37. The monoisotopic (exact) mass is 469 g/mol. The summed E-state index contributed by atoms with van der Waals surface area (Å²) in [5.41, 5.74) is 0.692. The van der Waals surface area contributed by atoms with Crippen molar-refractivity contribution in [1.29, 1.82) is 0 Å². The fourth-order valence-electron chi connectivity index (χ4n) is 4.55. The number of anilines is 2. The van der Waals surface area contributed by atoms with Crippen LogP contribution in [0.1, 0.15) is 25.7 Å². The molecule has 1 N–H and O–H groups in total. The van der Waals surface area contributed by atoms with Crippen LogP contribution in [0.4, 0.5) is 29.5 Å². The van der Waals surface area contributed by atoms with Crippen molar-refractivity contribution in [3.63, 3.8) is 0 Å². The first kappa shape index (κ1) is 22.1. The van der Waals surface area contributed by atoms with Crippen LogP contribution in [-0.2, 0) is 4.74 Å². The van der Waals surface area contributed by atoms with Crippen molar-refractivity contribution >= 4 is 17.6 Å². The Morgan fingerprint density at radius 2 is 1.79 bits per heavy atom. The molecule has 0 radical (unpaired) electrons. The summed E-state index contributed by atoms with van der Waals surface area (Å²) in [6.07, 6.45) is 4.09. The summed E-state index contributed by atoms with van der Waals surface area (Å²) in [5, 5.41) is 11.4. The van der Waals surface area contributed by atoms with Gasteiger partial charge in [0.05, 0.1) is 24.1 Å². The third-order valence-corrected chi connectivity index (χ3v) is 6.41. The number of benzene rings is 1. The highest BCUT2D eigenvalue weighted by Crippen LogP contribution is 2.40. The highest BCUT2D eigenvalue weighted by molar-refractivity contribution is 5.90. The molecular weight excluding hydrogens is 447 g/mol. The molecule has 1 aromatic carbocycles. The first-order valence-electron chi connectivity index (χ1n) is 11.1. The first-order valence-corrected chi connectivity index (χ1v) is 11.1. The molecule has 1 saturated carbocycles. The van der Waals surface area contributed by atoms with Crippen molar-refractivity contribution in [3.8, 4) is 11.3 Å². The van der Waals surface area contributed by atoms with E-state index in [0.29, 0.717) is 41.8 Å². The lowest BCUT2D eigenvalue weighted by molar-refractivity contribution is 0.0148. The molecular formula is C24H22F3N5O2. The first-order chi connectivity index (χ1) is 16.4. The lowest BCUT2D eigenvalue weighted by atomic mass is 9.78. The van der Waals surface area contributed by atoms with Gasteiger partial charge in [0, 0.05) is 18.2 Å². The number of amides is 1. The van der Waals surface area contributed by atoms with Crippen LogP contribution < -0.4 is 10.2 Å². The lowest BCUT2D eigenvalue weighted by Crippen LogP contribution is -2.39. The van der Waals surface area contributed by atoms with Gasteiger partial charge in [0.15, 0.2) is 0 Å². The Labute approximate surface area is 194 Å². The lowest BCUT2D eigenvalue weighted by Gasteiger charge is -2.35. The van der Waals surface area contributed by atoms with Gasteiger partial charge < -0.3 is 10.1 Å². The van der Waals surface area contributed by atoms with Gasteiger partial charge in [-0.1, -0.05) is 0 Å². The molecule has 1 spiro atoms. The topological polar surface area (TPSA) is 80.2 Å². The van der Waals surface area contributed by atoms with Crippen LogP contribution >= 0.6 is 0 Å². The maximum atomic E-state index is 13.4. The van der Waals surface area contributed by atoms with E-state index < -0.39 is 29.3 Å². The molecule has 1 saturated heterocycles. The molecule has 7 nitrogen and oxygen atoms in total. The fraction of sp³-hybridized carbons (Fsp3) is 0.333. The number of pyridine rings is 1. The Bertz CT molecular complexity index is 1160. The van der Waals surface area contributed by atoms with Crippen LogP contribution in [0.15, 0.2) is 48.7 Å². The number of aromatic nitrogens is 3. The molecule has 10 heteroatoms. The zero-order valence-corrected chi connectivity index (χ0v) is 18.2.